The van der Waals surface area contributed by atoms with Crippen molar-refractivity contribution in [1.29, 1.82) is 0 Å². The van der Waals surface area contributed by atoms with Crippen LogP contribution in [0.5, 0.6) is 0 Å². The highest BCUT2D eigenvalue weighted by molar-refractivity contribution is 6.30. The van der Waals surface area contributed by atoms with Gasteiger partial charge in [0.15, 0.2) is 0 Å². The monoisotopic (exact) mass is 281 g/mol. The Morgan fingerprint density at radius 1 is 1.42 bits per heavy atom. The van der Waals surface area contributed by atoms with Gasteiger partial charge in [0.1, 0.15) is 0 Å². The summed E-state index contributed by atoms with van der Waals surface area (Å²) in [7, 11) is 2.19. The fraction of sp³-hybridized carbons (Fsp3) is 0.600. The summed E-state index contributed by atoms with van der Waals surface area (Å²) >= 11 is 6.04. The van der Waals surface area contributed by atoms with E-state index in [4.69, 9.17) is 17.3 Å². The molecular weight excluding hydrogens is 258 g/mol. The normalized spacial score (nSPS) is 23.5. The van der Waals surface area contributed by atoms with E-state index in [2.05, 4.69) is 36.8 Å². The minimum atomic E-state index is 0.299. The summed E-state index contributed by atoms with van der Waals surface area (Å²) in [6.07, 6.45) is 0. The number of benzene rings is 1. The SMILES string of the molecule is Cc1cc(Cl)ccc1C(CN)N1CCN(C)C(C)C1. The Balaban J connectivity index is 2.20. The van der Waals surface area contributed by atoms with Crippen molar-refractivity contribution in [1.82, 2.24) is 9.80 Å². The van der Waals surface area contributed by atoms with Gasteiger partial charge in [-0.3, -0.25) is 4.90 Å². The fourth-order valence-electron chi connectivity index (χ4n) is 2.85. The number of nitrogens with two attached hydrogens (primary N) is 1. The second-order valence-corrected chi connectivity index (χ2v) is 6.01. The van der Waals surface area contributed by atoms with E-state index >= 15 is 0 Å². The Kier molecular flexibility index (Phi) is 4.85. The van der Waals surface area contributed by atoms with Gasteiger partial charge >= 0.3 is 0 Å². The van der Waals surface area contributed by atoms with Crippen molar-refractivity contribution in [2.45, 2.75) is 25.9 Å². The Hall–Kier alpha value is -0.610. The molecule has 0 saturated carbocycles. The van der Waals surface area contributed by atoms with E-state index in [1.54, 1.807) is 0 Å². The molecule has 2 atom stereocenters. The van der Waals surface area contributed by atoms with Gasteiger partial charge in [-0.2, -0.15) is 0 Å². The van der Waals surface area contributed by atoms with Crippen molar-refractivity contribution in [3.63, 3.8) is 0 Å². The summed E-state index contributed by atoms with van der Waals surface area (Å²) in [6.45, 7) is 8.28. The van der Waals surface area contributed by atoms with Crippen LogP contribution in [0.2, 0.25) is 5.02 Å². The van der Waals surface area contributed by atoms with Crippen LogP contribution < -0.4 is 5.73 Å². The first-order valence-corrected chi connectivity index (χ1v) is 7.31. The zero-order chi connectivity index (χ0) is 14.0. The number of piperazine rings is 1. The molecule has 19 heavy (non-hydrogen) atoms. The standard InChI is InChI=1S/C15H24ClN3/c1-11-8-13(16)4-5-14(11)15(9-17)19-7-6-18(3)12(2)10-19/h4-5,8,12,15H,6-7,9-10,17H2,1-3H3. The average molecular weight is 282 g/mol. The highest BCUT2D eigenvalue weighted by Gasteiger charge is 2.27. The second-order valence-electron chi connectivity index (χ2n) is 5.58. The summed E-state index contributed by atoms with van der Waals surface area (Å²) in [5.74, 6) is 0. The van der Waals surface area contributed by atoms with Crippen LogP contribution in [0.15, 0.2) is 18.2 Å². The van der Waals surface area contributed by atoms with E-state index in [0.717, 1.165) is 24.7 Å². The van der Waals surface area contributed by atoms with Crippen LogP contribution in [0.1, 0.15) is 24.1 Å². The minimum Gasteiger partial charge on any atom is -0.329 e. The quantitative estimate of drug-likeness (QED) is 0.923. The third-order valence-electron chi connectivity index (χ3n) is 4.25. The van der Waals surface area contributed by atoms with E-state index in [1.807, 2.05) is 12.1 Å². The molecule has 2 rings (SSSR count). The molecule has 1 heterocycles. The Morgan fingerprint density at radius 3 is 2.74 bits per heavy atom. The van der Waals surface area contributed by atoms with Crippen molar-refractivity contribution in [2.75, 3.05) is 33.2 Å². The molecule has 0 spiro atoms. The lowest BCUT2D eigenvalue weighted by molar-refractivity contribution is 0.0739. The molecule has 0 aromatic heterocycles. The third kappa shape index (κ3) is 3.29. The van der Waals surface area contributed by atoms with E-state index in [0.29, 0.717) is 18.6 Å². The van der Waals surface area contributed by atoms with Crippen LogP contribution in [0.4, 0.5) is 0 Å². The molecule has 106 valence electrons. The first-order chi connectivity index (χ1) is 9.02. The van der Waals surface area contributed by atoms with E-state index in [-0.39, 0.29) is 0 Å². The predicted molar refractivity (Wildman–Crippen MR) is 81.6 cm³/mol. The topological polar surface area (TPSA) is 32.5 Å². The molecule has 0 aliphatic carbocycles. The molecule has 2 N–H and O–H groups in total. The lowest BCUT2D eigenvalue weighted by Crippen LogP contribution is -2.52. The maximum absolute atomic E-state index is 6.04. The van der Waals surface area contributed by atoms with E-state index in [9.17, 15) is 0 Å². The van der Waals surface area contributed by atoms with Gasteiger partial charge in [-0.25, -0.2) is 0 Å². The van der Waals surface area contributed by atoms with Crippen LogP contribution in [0.25, 0.3) is 0 Å². The molecule has 0 radical (unpaired) electrons. The fourth-order valence-corrected chi connectivity index (χ4v) is 3.07. The molecule has 1 fully saturated rings. The highest BCUT2D eigenvalue weighted by atomic mass is 35.5. The lowest BCUT2D eigenvalue weighted by atomic mass is 9.98. The van der Waals surface area contributed by atoms with Gasteiger partial charge in [-0.1, -0.05) is 17.7 Å². The third-order valence-corrected chi connectivity index (χ3v) is 4.48. The van der Waals surface area contributed by atoms with E-state index in [1.165, 1.54) is 11.1 Å². The largest absolute Gasteiger partial charge is 0.329 e. The first-order valence-electron chi connectivity index (χ1n) is 6.93. The Labute approximate surface area is 121 Å². The molecule has 1 saturated heterocycles. The summed E-state index contributed by atoms with van der Waals surface area (Å²) < 4.78 is 0. The molecule has 3 nitrogen and oxygen atoms in total. The molecule has 0 bridgehead atoms. The second kappa shape index (κ2) is 6.23. The number of hydrogen-bond acceptors (Lipinski definition) is 3. The van der Waals surface area contributed by atoms with Crippen molar-refractivity contribution in [2.24, 2.45) is 5.73 Å². The molecule has 0 amide bonds. The van der Waals surface area contributed by atoms with Crippen molar-refractivity contribution in [3.8, 4) is 0 Å². The number of halogens is 1. The molecule has 1 aliphatic rings. The molecule has 1 aromatic carbocycles. The van der Waals surface area contributed by atoms with Crippen LogP contribution in [-0.4, -0.2) is 49.1 Å². The Bertz CT molecular complexity index is 435. The van der Waals surface area contributed by atoms with Crippen LogP contribution >= 0.6 is 11.6 Å². The summed E-state index contributed by atoms with van der Waals surface area (Å²) in [4.78, 5) is 4.90. The van der Waals surface area contributed by atoms with Crippen LogP contribution in [0, 0.1) is 6.92 Å². The Morgan fingerprint density at radius 2 is 2.16 bits per heavy atom. The number of aryl methyl sites for hydroxylation is 1. The maximum atomic E-state index is 6.04. The zero-order valence-electron chi connectivity index (χ0n) is 12.1. The predicted octanol–water partition coefficient (Wildman–Crippen LogP) is 2.28. The number of likely N-dealkylation sites (N-methyl/N-ethyl adjacent to an activating group) is 1. The lowest BCUT2D eigenvalue weighted by Gasteiger charge is -2.42. The van der Waals surface area contributed by atoms with Crippen LogP contribution in [0.3, 0.4) is 0 Å². The van der Waals surface area contributed by atoms with Crippen LogP contribution in [-0.2, 0) is 0 Å². The number of hydrogen-bond donors (Lipinski definition) is 1. The van der Waals surface area contributed by atoms with Gasteiger partial charge in [-0.05, 0) is 44.2 Å². The van der Waals surface area contributed by atoms with E-state index < -0.39 is 0 Å². The molecule has 1 aromatic rings. The molecule has 4 heteroatoms. The minimum absolute atomic E-state index is 0.299. The van der Waals surface area contributed by atoms with Gasteiger partial charge < -0.3 is 10.6 Å². The van der Waals surface area contributed by atoms with Crippen molar-refractivity contribution >= 4 is 11.6 Å². The van der Waals surface area contributed by atoms with Gasteiger partial charge in [0.2, 0.25) is 0 Å². The van der Waals surface area contributed by atoms with Crippen molar-refractivity contribution < 1.29 is 0 Å². The smallest absolute Gasteiger partial charge is 0.0474 e. The first kappa shape index (κ1) is 14.8. The van der Waals surface area contributed by atoms with Gasteiger partial charge in [0.25, 0.3) is 0 Å². The maximum Gasteiger partial charge on any atom is 0.0474 e. The average Bonchev–Trinajstić information content (AvgIpc) is 2.37. The zero-order valence-corrected chi connectivity index (χ0v) is 12.8. The number of rotatable bonds is 3. The van der Waals surface area contributed by atoms with Gasteiger partial charge in [0, 0.05) is 43.3 Å². The highest BCUT2D eigenvalue weighted by Crippen LogP contribution is 2.27. The summed E-state index contributed by atoms with van der Waals surface area (Å²) in [5, 5.41) is 0.795. The molecule has 1 aliphatic heterocycles. The van der Waals surface area contributed by atoms with Gasteiger partial charge in [0.05, 0.1) is 0 Å². The molecule has 2 unspecified atom stereocenters. The summed E-state index contributed by atoms with van der Waals surface area (Å²) in [5.41, 5.74) is 8.57. The number of nitrogens with zero attached hydrogens (tertiary/aromatic N) is 2. The summed E-state index contributed by atoms with van der Waals surface area (Å²) in [6, 6.07) is 6.99. The molecular formula is C15H24ClN3. The van der Waals surface area contributed by atoms with Gasteiger partial charge in [-0.15, -0.1) is 0 Å². The van der Waals surface area contributed by atoms with Crippen molar-refractivity contribution in [3.05, 3.63) is 34.3 Å².